The van der Waals surface area contributed by atoms with Gasteiger partial charge >= 0.3 is 0 Å². The third-order valence-electron chi connectivity index (χ3n) is 5.11. The summed E-state index contributed by atoms with van der Waals surface area (Å²) < 4.78 is 0. The minimum absolute atomic E-state index is 0.233. The highest BCUT2D eigenvalue weighted by atomic mass is 32.1. The molecule has 1 aromatic carbocycles. The van der Waals surface area contributed by atoms with Crippen LogP contribution in [0.3, 0.4) is 0 Å². The smallest absolute Gasteiger partial charge is 0.265 e. The van der Waals surface area contributed by atoms with Crippen LogP contribution < -0.4 is 10.6 Å². The summed E-state index contributed by atoms with van der Waals surface area (Å²) in [6.45, 7) is 2.03. The highest BCUT2D eigenvalue weighted by Gasteiger charge is 2.17. The van der Waals surface area contributed by atoms with Gasteiger partial charge in [-0.2, -0.15) is 5.26 Å². The quantitative estimate of drug-likeness (QED) is 0.361. The van der Waals surface area contributed by atoms with Crippen LogP contribution in [-0.4, -0.2) is 20.9 Å². The third kappa shape index (κ3) is 3.37. The molecule has 8 heteroatoms. The number of aromatic amines is 1. The van der Waals surface area contributed by atoms with Gasteiger partial charge in [-0.3, -0.25) is 9.78 Å². The number of nitrogens with one attached hydrogen (secondary N) is 3. The van der Waals surface area contributed by atoms with Crippen LogP contribution in [0.25, 0.3) is 21.1 Å². The van der Waals surface area contributed by atoms with Gasteiger partial charge in [-0.1, -0.05) is 0 Å². The Morgan fingerprint density at radius 3 is 2.81 bits per heavy atom. The fourth-order valence-electron chi connectivity index (χ4n) is 3.50. The van der Waals surface area contributed by atoms with Gasteiger partial charge in [0.25, 0.3) is 5.91 Å². The van der Waals surface area contributed by atoms with Crippen LogP contribution in [0, 0.1) is 18.3 Å². The highest BCUT2D eigenvalue weighted by molar-refractivity contribution is 7.20. The van der Waals surface area contributed by atoms with Crippen LogP contribution in [0.15, 0.2) is 61.2 Å². The van der Waals surface area contributed by atoms with Gasteiger partial charge in [0.1, 0.15) is 10.9 Å². The average molecular weight is 424 g/mol. The second-order valence-electron chi connectivity index (χ2n) is 6.98. The fourth-order valence-corrected chi connectivity index (χ4v) is 4.41. The number of carbonyl (C=O) groups is 1. The number of aryl methyl sites for hydroxylation is 1. The lowest BCUT2D eigenvalue weighted by Gasteiger charge is -2.12. The minimum Gasteiger partial charge on any atom is -0.361 e. The van der Waals surface area contributed by atoms with Crippen molar-refractivity contribution in [2.75, 3.05) is 10.6 Å². The number of aromatic nitrogens is 3. The first kappa shape index (κ1) is 18.8. The number of nitrogens with zero attached hydrogens (tertiary/aromatic N) is 3. The number of H-pyrrole nitrogens is 1. The number of hydrogen-bond acceptors (Lipinski definition) is 6. The molecule has 0 saturated heterocycles. The fraction of sp³-hybridized carbons (Fsp3) is 0.0435. The number of anilines is 3. The van der Waals surface area contributed by atoms with E-state index in [0.717, 1.165) is 27.5 Å². The molecule has 4 heterocycles. The zero-order valence-corrected chi connectivity index (χ0v) is 17.2. The summed E-state index contributed by atoms with van der Waals surface area (Å²) in [6.07, 6.45) is 6.68. The Balaban J connectivity index is 1.56. The van der Waals surface area contributed by atoms with Crippen LogP contribution in [0.5, 0.6) is 0 Å². The van der Waals surface area contributed by atoms with Crippen molar-refractivity contribution in [1.29, 1.82) is 5.26 Å². The van der Waals surface area contributed by atoms with E-state index in [0.29, 0.717) is 26.6 Å². The zero-order chi connectivity index (χ0) is 21.4. The Morgan fingerprint density at radius 2 is 2.00 bits per heavy atom. The summed E-state index contributed by atoms with van der Waals surface area (Å²) in [5.74, 6) is -0.233. The molecule has 0 saturated carbocycles. The standard InChI is InChI=1S/C23H16N6OS/c1-13-16-6-9-26-19(16)3-2-18(13)29-21-14(11-24)12-27-23-17(21)10-20(31-23)22(30)28-15-4-7-25-8-5-15/h2-10,12,26H,1H3,(H,27,29)(H,25,28,30). The topological polar surface area (TPSA) is 106 Å². The SMILES string of the molecule is Cc1c(Nc2c(C#N)cnc3sc(C(=O)Nc4ccncc4)cc23)ccc2[nH]ccc12. The molecule has 150 valence electrons. The minimum atomic E-state index is -0.233. The number of pyridine rings is 2. The van der Waals surface area contributed by atoms with Gasteiger partial charge in [-0.25, -0.2) is 4.98 Å². The first-order valence-corrected chi connectivity index (χ1v) is 10.3. The molecule has 7 nitrogen and oxygen atoms in total. The largest absolute Gasteiger partial charge is 0.361 e. The second kappa shape index (κ2) is 7.55. The van der Waals surface area contributed by atoms with Crippen LogP contribution >= 0.6 is 11.3 Å². The van der Waals surface area contributed by atoms with Gasteiger partial charge in [0, 0.05) is 52.5 Å². The molecule has 0 aliphatic carbocycles. The summed E-state index contributed by atoms with van der Waals surface area (Å²) in [4.78, 5) is 25.5. The maximum absolute atomic E-state index is 12.7. The van der Waals surface area contributed by atoms with Crippen LogP contribution in [-0.2, 0) is 0 Å². The summed E-state index contributed by atoms with van der Waals surface area (Å²) in [6, 6.07) is 13.4. The summed E-state index contributed by atoms with van der Waals surface area (Å²) >= 11 is 1.28. The van der Waals surface area contributed by atoms with Crippen molar-refractivity contribution in [3.8, 4) is 6.07 Å². The molecule has 0 unspecified atom stereocenters. The van der Waals surface area contributed by atoms with Crippen molar-refractivity contribution in [2.24, 2.45) is 0 Å². The van der Waals surface area contributed by atoms with Gasteiger partial charge in [-0.05, 0) is 48.9 Å². The maximum Gasteiger partial charge on any atom is 0.265 e. The first-order valence-electron chi connectivity index (χ1n) is 9.52. The molecule has 0 radical (unpaired) electrons. The van der Waals surface area contributed by atoms with Crippen molar-refractivity contribution >= 4 is 55.4 Å². The average Bonchev–Trinajstić information content (AvgIpc) is 3.44. The molecule has 1 amide bonds. The predicted octanol–water partition coefficient (Wildman–Crippen LogP) is 5.35. The highest BCUT2D eigenvalue weighted by Crippen LogP contribution is 2.36. The summed E-state index contributed by atoms with van der Waals surface area (Å²) in [5.41, 5.74) is 4.74. The van der Waals surface area contributed by atoms with Crippen molar-refractivity contribution in [3.05, 3.63) is 77.2 Å². The Morgan fingerprint density at radius 1 is 1.16 bits per heavy atom. The zero-order valence-electron chi connectivity index (χ0n) is 16.4. The predicted molar refractivity (Wildman–Crippen MR) is 123 cm³/mol. The number of fused-ring (bicyclic) bond motifs is 2. The monoisotopic (exact) mass is 424 g/mol. The molecule has 31 heavy (non-hydrogen) atoms. The van der Waals surface area contributed by atoms with E-state index in [1.54, 1.807) is 30.6 Å². The van der Waals surface area contributed by atoms with Crippen LogP contribution in [0.1, 0.15) is 20.8 Å². The normalized spacial score (nSPS) is 10.8. The molecular weight excluding hydrogens is 408 g/mol. The molecule has 0 fully saturated rings. The van der Waals surface area contributed by atoms with E-state index in [4.69, 9.17) is 0 Å². The van der Waals surface area contributed by atoms with Crippen molar-refractivity contribution in [2.45, 2.75) is 6.92 Å². The third-order valence-corrected chi connectivity index (χ3v) is 6.15. The molecule has 5 rings (SSSR count). The van der Waals surface area contributed by atoms with Crippen molar-refractivity contribution in [3.63, 3.8) is 0 Å². The molecule has 3 N–H and O–H groups in total. The maximum atomic E-state index is 12.7. The van der Waals surface area contributed by atoms with E-state index >= 15 is 0 Å². The first-order chi connectivity index (χ1) is 15.1. The molecule has 0 aliphatic rings. The number of amides is 1. The number of carbonyl (C=O) groups excluding carboxylic acids is 1. The van der Waals surface area contributed by atoms with Crippen molar-refractivity contribution < 1.29 is 4.79 Å². The van der Waals surface area contributed by atoms with Gasteiger partial charge in [0.05, 0.1) is 16.1 Å². The lowest BCUT2D eigenvalue weighted by molar-refractivity contribution is 0.103. The van der Waals surface area contributed by atoms with E-state index in [1.165, 1.54) is 17.5 Å². The lowest BCUT2D eigenvalue weighted by Crippen LogP contribution is -2.09. The van der Waals surface area contributed by atoms with E-state index < -0.39 is 0 Å². The molecule has 4 aromatic heterocycles. The number of thiophene rings is 1. The number of nitriles is 1. The van der Waals surface area contributed by atoms with E-state index in [2.05, 4.69) is 31.7 Å². The van der Waals surface area contributed by atoms with Gasteiger partial charge in [0.2, 0.25) is 0 Å². The Labute approximate surface area is 181 Å². The second-order valence-corrected chi connectivity index (χ2v) is 8.01. The van der Waals surface area contributed by atoms with Crippen LogP contribution in [0.4, 0.5) is 17.1 Å². The van der Waals surface area contributed by atoms with E-state index in [9.17, 15) is 10.1 Å². The van der Waals surface area contributed by atoms with E-state index in [1.807, 2.05) is 31.3 Å². The summed E-state index contributed by atoms with van der Waals surface area (Å²) in [5, 5.41) is 17.8. The van der Waals surface area contributed by atoms with Crippen LogP contribution in [0.2, 0.25) is 0 Å². The number of hydrogen-bond donors (Lipinski definition) is 3. The van der Waals surface area contributed by atoms with Gasteiger partial charge in [-0.15, -0.1) is 11.3 Å². The van der Waals surface area contributed by atoms with Gasteiger partial charge < -0.3 is 15.6 Å². The molecule has 0 aliphatic heterocycles. The molecule has 5 aromatic rings. The Hall–Kier alpha value is -4.22. The molecular formula is C23H16N6OS. The van der Waals surface area contributed by atoms with Crippen molar-refractivity contribution in [1.82, 2.24) is 15.0 Å². The van der Waals surface area contributed by atoms with E-state index in [-0.39, 0.29) is 5.91 Å². The Bertz CT molecular complexity index is 1480. The summed E-state index contributed by atoms with van der Waals surface area (Å²) in [7, 11) is 0. The number of benzene rings is 1. The molecule has 0 atom stereocenters. The van der Waals surface area contributed by atoms with Gasteiger partial charge in [0.15, 0.2) is 0 Å². The number of rotatable bonds is 4. The lowest BCUT2D eigenvalue weighted by atomic mass is 10.1. The Kier molecular flexibility index (Phi) is 4.58. The molecule has 0 bridgehead atoms. The molecule has 0 spiro atoms.